The maximum atomic E-state index is 13.1. The minimum atomic E-state index is -0.590. The fourth-order valence-corrected chi connectivity index (χ4v) is 2.96. The number of benzene rings is 2. The summed E-state index contributed by atoms with van der Waals surface area (Å²) in [6.07, 6.45) is 1.97. The quantitative estimate of drug-likeness (QED) is 0.500. The van der Waals surface area contributed by atoms with Gasteiger partial charge in [0.25, 0.3) is 17.8 Å². The fourth-order valence-electron chi connectivity index (χ4n) is 2.96. The van der Waals surface area contributed by atoms with E-state index < -0.39 is 11.8 Å². The van der Waals surface area contributed by atoms with Crippen LogP contribution in [0.1, 0.15) is 16.7 Å². The SMILES string of the molecule is COc1ccc(C=C2C(=O)NN(c3nn[nH]n3)C2=O)cc1Cc1ccc(F)cc1. The van der Waals surface area contributed by atoms with Gasteiger partial charge in [-0.15, -0.1) is 5.10 Å². The summed E-state index contributed by atoms with van der Waals surface area (Å²) in [6, 6.07) is 11.5. The van der Waals surface area contributed by atoms with E-state index in [0.29, 0.717) is 17.7 Å². The van der Waals surface area contributed by atoms with Crippen molar-refractivity contribution >= 4 is 23.8 Å². The largest absolute Gasteiger partial charge is 0.496 e. The molecule has 9 nitrogen and oxygen atoms in total. The average Bonchev–Trinajstić information content (AvgIpc) is 3.34. The third kappa shape index (κ3) is 3.68. The van der Waals surface area contributed by atoms with Crippen molar-refractivity contribution in [3.8, 4) is 5.75 Å². The van der Waals surface area contributed by atoms with Crippen molar-refractivity contribution < 1.29 is 18.7 Å². The molecule has 1 saturated heterocycles. The van der Waals surface area contributed by atoms with Gasteiger partial charge >= 0.3 is 0 Å². The van der Waals surface area contributed by atoms with Crippen molar-refractivity contribution in [2.75, 3.05) is 12.1 Å². The summed E-state index contributed by atoms with van der Waals surface area (Å²) in [5.74, 6) is -0.885. The van der Waals surface area contributed by atoms with Crippen molar-refractivity contribution in [2.45, 2.75) is 6.42 Å². The van der Waals surface area contributed by atoms with Crippen LogP contribution in [-0.4, -0.2) is 39.5 Å². The van der Waals surface area contributed by atoms with Crippen molar-refractivity contribution in [2.24, 2.45) is 0 Å². The number of carbonyl (C=O) groups excluding carboxylic acids is 2. The number of nitrogens with one attached hydrogen (secondary N) is 2. The van der Waals surface area contributed by atoms with E-state index in [4.69, 9.17) is 4.74 Å². The topological polar surface area (TPSA) is 113 Å². The van der Waals surface area contributed by atoms with Gasteiger partial charge in [0.2, 0.25) is 0 Å². The van der Waals surface area contributed by atoms with Crippen LogP contribution >= 0.6 is 0 Å². The molecule has 4 rings (SSSR count). The van der Waals surface area contributed by atoms with Crippen LogP contribution in [0.15, 0.2) is 48.0 Å². The zero-order chi connectivity index (χ0) is 20.4. The molecule has 2 heterocycles. The lowest BCUT2D eigenvalue weighted by atomic mass is 10.0. The fraction of sp³-hybridized carbons (Fsp3) is 0.105. The van der Waals surface area contributed by atoms with Crippen LogP contribution in [-0.2, 0) is 16.0 Å². The molecule has 2 aromatic carbocycles. The summed E-state index contributed by atoms with van der Waals surface area (Å²) in [7, 11) is 1.55. The molecule has 0 atom stereocenters. The Bertz CT molecular complexity index is 1100. The van der Waals surface area contributed by atoms with Gasteiger partial charge in [-0.05, 0) is 52.2 Å². The minimum Gasteiger partial charge on any atom is -0.496 e. The maximum absolute atomic E-state index is 13.1. The van der Waals surface area contributed by atoms with Gasteiger partial charge in [-0.2, -0.15) is 10.2 Å². The lowest BCUT2D eigenvalue weighted by molar-refractivity contribution is -0.117. The summed E-state index contributed by atoms with van der Waals surface area (Å²) >= 11 is 0. The normalized spacial score (nSPS) is 15.1. The van der Waals surface area contributed by atoms with E-state index >= 15 is 0 Å². The number of anilines is 1. The molecule has 2 amide bonds. The van der Waals surface area contributed by atoms with Gasteiger partial charge in [-0.1, -0.05) is 23.3 Å². The number of H-pyrrole nitrogens is 1. The highest BCUT2D eigenvalue weighted by Gasteiger charge is 2.36. The molecule has 1 aliphatic rings. The first-order valence-corrected chi connectivity index (χ1v) is 8.57. The van der Waals surface area contributed by atoms with Crippen LogP contribution in [0.2, 0.25) is 0 Å². The van der Waals surface area contributed by atoms with Crippen LogP contribution in [0.5, 0.6) is 5.75 Å². The lowest BCUT2D eigenvalue weighted by Gasteiger charge is -2.10. The molecule has 3 aromatic rings. The molecule has 0 bridgehead atoms. The zero-order valence-corrected chi connectivity index (χ0v) is 15.2. The highest BCUT2D eigenvalue weighted by Crippen LogP contribution is 2.25. The Hall–Kier alpha value is -4.08. The van der Waals surface area contributed by atoms with Gasteiger partial charge in [-0.25, -0.2) is 4.39 Å². The molecular weight excluding hydrogens is 379 g/mol. The summed E-state index contributed by atoms with van der Waals surface area (Å²) in [6.45, 7) is 0. The zero-order valence-electron chi connectivity index (χ0n) is 15.2. The second-order valence-electron chi connectivity index (χ2n) is 6.23. The average molecular weight is 394 g/mol. The third-order valence-corrected chi connectivity index (χ3v) is 4.35. The van der Waals surface area contributed by atoms with Crippen LogP contribution in [0.25, 0.3) is 6.08 Å². The van der Waals surface area contributed by atoms with Gasteiger partial charge in [0.1, 0.15) is 17.1 Å². The molecule has 1 aliphatic heterocycles. The number of amides is 2. The number of rotatable bonds is 5. The number of aromatic nitrogens is 4. The predicted molar refractivity (Wildman–Crippen MR) is 100.0 cm³/mol. The van der Waals surface area contributed by atoms with Crippen LogP contribution in [0.3, 0.4) is 0 Å². The van der Waals surface area contributed by atoms with Crippen LogP contribution in [0, 0.1) is 5.82 Å². The van der Waals surface area contributed by atoms with Gasteiger partial charge in [-0.3, -0.25) is 15.0 Å². The van der Waals surface area contributed by atoms with Crippen LogP contribution < -0.4 is 15.2 Å². The van der Waals surface area contributed by atoms with E-state index in [0.717, 1.165) is 16.1 Å². The van der Waals surface area contributed by atoms with E-state index in [2.05, 4.69) is 26.0 Å². The third-order valence-electron chi connectivity index (χ3n) is 4.35. The van der Waals surface area contributed by atoms with E-state index in [-0.39, 0.29) is 17.3 Å². The molecule has 1 fully saturated rings. The second kappa shape index (κ2) is 7.50. The van der Waals surface area contributed by atoms with E-state index in [1.54, 1.807) is 31.4 Å². The molecule has 0 radical (unpaired) electrons. The molecule has 146 valence electrons. The minimum absolute atomic E-state index is 0.0570. The van der Waals surface area contributed by atoms with Crippen molar-refractivity contribution in [1.82, 2.24) is 26.0 Å². The number of tetrazole rings is 1. The molecule has 0 saturated carbocycles. The number of hydrogen-bond donors (Lipinski definition) is 2. The number of nitrogens with zero attached hydrogens (tertiary/aromatic N) is 4. The smallest absolute Gasteiger partial charge is 0.291 e. The number of aromatic amines is 1. The molecule has 29 heavy (non-hydrogen) atoms. The molecule has 1 aromatic heterocycles. The molecular formula is C19H15FN6O3. The number of ether oxygens (including phenoxy) is 1. The highest BCUT2D eigenvalue weighted by atomic mass is 19.1. The van der Waals surface area contributed by atoms with Crippen molar-refractivity contribution in [1.29, 1.82) is 0 Å². The molecule has 2 N–H and O–H groups in total. The Morgan fingerprint density at radius 2 is 1.97 bits per heavy atom. The van der Waals surface area contributed by atoms with Gasteiger partial charge in [0.05, 0.1) is 7.11 Å². The monoisotopic (exact) mass is 394 g/mol. The van der Waals surface area contributed by atoms with Gasteiger partial charge in [0, 0.05) is 6.42 Å². The Morgan fingerprint density at radius 3 is 2.66 bits per heavy atom. The Morgan fingerprint density at radius 1 is 1.17 bits per heavy atom. The summed E-state index contributed by atoms with van der Waals surface area (Å²) in [4.78, 5) is 24.8. The van der Waals surface area contributed by atoms with Crippen molar-refractivity contribution in [3.63, 3.8) is 0 Å². The first-order chi connectivity index (χ1) is 14.0. The van der Waals surface area contributed by atoms with Crippen LogP contribution in [0.4, 0.5) is 10.3 Å². The number of methoxy groups -OCH3 is 1. The molecule has 0 aliphatic carbocycles. The summed E-state index contributed by atoms with van der Waals surface area (Å²) < 4.78 is 18.5. The number of carbonyl (C=O) groups is 2. The Labute approximate surface area is 164 Å². The van der Waals surface area contributed by atoms with Crippen molar-refractivity contribution in [3.05, 3.63) is 70.5 Å². The summed E-state index contributed by atoms with van der Waals surface area (Å²) in [5, 5.41) is 13.9. The number of halogens is 1. The second-order valence-corrected chi connectivity index (χ2v) is 6.23. The van der Waals surface area contributed by atoms with E-state index in [9.17, 15) is 14.0 Å². The van der Waals surface area contributed by atoms with E-state index in [1.807, 2.05) is 6.07 Å². The maximum Gasteiger partial charge on any atom is 0.291 e. The first kappa shape index (κ1) is 18.3. The summed E-state index contributed by atoms with van der Waals surface area (Å²) in [5.41, 5.74) is 4.69. The van der Waals surface area contributed by atoms with Gasteiger partial charge < -0.3 is 4.74 Å². The highest BCUT2D eigenvalue weighted by molar-refractivity contribution is 6.31. The first-order valence-electron chi connectivity index (χ1n) is 8.57. The number of hydrazine groups is 1. The molecule has 0 unspecified atom stereocenters. The Kier molecular flexibility index (Phi) is 4.73. The standard InChI is InChI=1S/C19H15FN6O3/c1-29-16-7-4-12(9-13(16)8-11-2-5-14(20)6-3-11)10-15-17(27)23-26(18(15)28)19-21-24-25-22-19/h2-7,9-10H,8H2,1H3,(H,23,27)(H,21,22,24,25). The molecule has 0 spiro atoms. The Balaban J connectivity index is 1.64. The number of hydrogen-bond acceptors (Lipinski definition) is 6. The van der Waals surface area contributed by atoms with Gasteiger partial charge in [0.15, 0.2) is 0 Å². The van der Waals surface area contributed by atoms with E-state index in [1.165, 1.54) is 18.2 Å². The predicted octanol–water partition coefficient (Wildman–Crippen LogP) is 1.40. The lowest BCUT2D eigenvalue weighted by Crippen LogP contribution is -2.36. The molecule has 10 heteroatoms.